The maximum atomic E-state index is 4.41. The molecule has 2 heterocycles. The second-order valence-corrected chi connectivity index (χ2v) is 5.71. The molecule has 1 atom stereocenters. The van der Waals surface area contributed by atoms with Gasteiger partial charge in [0.1, 0.15) is 0 Å². The third-order valence-electron chi connectivity index (χ3n) is 3.80. The van der Waals surface area contributed by atoms with Crippen molar-refractivity contribution in [1.29, 1.82) is 0 Å². The van der Waals surface area contributed by atoms with E-state index in [2.05, 4.69) is 53.3 Å². The molecule has 1 aliphatic rings. The molecule has 4 heteroatoms. The summed E-state index contributed by atoms with van der Waals surface area (Å²) < 4.78 is 0. The lowest BCUT2D eigenvalue weighted by Crippen LogP contribution is -2.34. The van der Waals surface area contributed by atoms with E-state index in [9.17, 15) is 0 Å². The Bertz CT molecular complexity index is 374. The van der Waals surface area contributed by atoms with Crippen molar-refractivity contribution in [2.24, 2.45) is 5.92 Å². The summed E-state index contributed by atoms with van der Waals surface area (Å²) in [4.78, 5) is 2.42. The highest BCUT2D eigenvalue weighted by atomic mass is 15.3. The number of rotatable bonds is 6. The summed E-state index contributed by atoms with van der Waals surface area (Å²) in [5, 5.41) is 12.1. The molecule has 0 spiro atoms. The van der Waals surface area contributed by atoms with Gasteiger partial charge in [-0.15, -0.1) is 5.10 Å². The Balaban J connectivity index is 1.97. The Kier molecular flexibility index (Phi) is 5.14. The maximum Gasteiger partial charge on any atom is 0.151 e. The molecule has 0 aromatic carbocycles. The van der Waals surface area contributed by atoms with Gasteiger partial charge in [0.2, 0.25) is 0 Å². The van der Waals surface area contributed by atoms with Crippen LogP contribution in [-0.2, 0) is 6.54 Å². The normalized spacial score (nSPS) is 19.4. The van der Waals surface area contributed by atoms with Crippen LogP contribution in [0.25, 0.3) is 0 Å². The van der Waals surface area contributed by atoms with E-state index in [0.29, 0.717) is 12.0 Å². The van der Waals surface area contributed by atoms with Crippen LogP contribution >= 0.6 is 0 Å². The van der Waals surface area contributed by atoms with Gasteiger partial charge in [0.15, 0.2) is 5.82 Å². The average Bonchev–Trinajstić information content (AvgIpc) is 2.89. The zero-order valence-corrected chi connectivity index (χ0v) is 12.4. The van der Waals surface area contributed by atoms with Crippen LogP contribution in [-0.4, -0.2) is 29.3 Å². The second kappa shape index (κ2) is 6.85. The molecule has 0 amide bonds. The first-order valence-electron chi connectivity index (χ1n) is 7.52. The molecule has 0 aliphatic carbocycles. The highest BCUT2D eigenvalue weighted by Gasteiger charge is 2.28. The summed E-state index contributed by atoms with van der Waals surface area (Å²) in [6.45, 7) is 9.71. The Labute approximate surface area is 116 Å². The molecule has 106 valence electrons. The van der Waals surface area contributed by atoms with Crippen LogP contribution < -0.4 is 10.2 Å². The summed E-state index contributed by atoms with van der Waals surface area (Å²) >= 11 is 0. The minimum Gasteiger partial charge on any atom is -0.352 e. The molecule has 1 aromatic rings. The third kappa shape index (κ3) is 3.66. The Morgan fingerprint density at radius 1 is 1.37 bits per heavy atom. The van der Waals surface area contributed by atoms with Crippen LogP contribution in [0.1, 0.15) is 45.7 Å². The van der Waals surface area contributed by atoms with E-state index in [4.69, 9.17) is 0 Å². The first kappa shape index (κ1) is 14.3. The van der Waals surface area contributed by atoms with E-state index in [1.165, 1.54) is 12.8 Å². The van der Waals surface area contributed by atoms with Gasteiger partial charge in [-0.3, -0.25) is 0 Å². The number of hydrogen-bond donors (Lipinski definition) is 1. The molecule has 1 N–H and O–H groups in total. The predicted octanol–water partition coefficient (Wildman–Crippen LogP) is 2.60. The molecule has 1 aromatic heterocycles. The van der Waals surface area contributed by atoms with Crippen molar-refractivity contribution in [3.8, 4) is 0 Å². The van der Waals surface area contributed by atoms with Gasteiger partial charge in [0, 0.05) is 19.1 Å². The monoisotopic (exact) mass is 262 g/mol. The fourth-order valence-corrected chi connectivity index (χ4v) is 2.76. The third-order valence-corrected chi connectivity index (χ3v) is 3.80. The summed E-state index contributed by atoms with van der Waals surface area (Å²) in [5.41, 5.74) is 1.03. The Hall–Kier alpha value is -1.16. The largest absolute Gasteiger partial charge is 0.352 e. The first-order valence-corrected chi connectivity index (χ1v) is 7.52. The van der Waals surface area contributed by atoms with Crippen LogP contribution in [0.5, 0.6) is 0 Å². The minimum atomic E-state index is 0.623. The average molecular weight is 262 g/mol. The lowest BCUT2D eigenvalue weighted by Gasteiger charge is -2.28. The van der Waals surface area contributed by atoms with E-state index in [0.717, 1.165) is 37.6 Å². The molecule has 0 saturated carbocycles. The number of nitrogens with zero attached hydrogens (tertiary/aromatic N) is 3. The van der Waals surface area contributed by atoms with Crippen molar-refractivity contribution in [2.45, 2.75) is 52.6 Å². The van der Waals surface area contributed by atoms with Gasteiger partial charge in [0.05, 0.1) is 5.69 Å². The van der Waals surface area contributed by atoms with Gasteiger partial charge in [-0.1, -0.05) is 20.8 Å². The van der Waals surface area contributed by atoms with E-state index >= 15 is 0 Å². The molecule has 1 unspecified atom stereocenters. The van der Waals surface area contributed by atoms with Crippen molar-refractivity contribution in [3.63, 3.8) is 0 Å². The van der Waals surface area contributed by atoms with Gasteiger partial charge >= 0.3 is 0 Å². The van der Waals surface area contributed by atoms with Crippen LogP contribution in [0.3, 0.4) is 0 Å². The van der Waals surface area contributed by atoms with Gasteiger partial charge in [-0.2, -0.15) is 5.10 Å². The number of anilines is 1. The lowest BCUT2D eigenvalue weighted by molar-refractivity contribution is 0.488. The molecule has 1 aliphatic heterocycles. The Morgan fingerprint density at radius 3 is 2.84 bits per heavy atom. The van der Waals surface area contributed by atoms with E-state index < -0.39 is 0 Å². The van der Waals surface area contributed by atoms with Crippen LogP contribution in [0.4, 0.5) is 5.82 Å². The van der Waals surface area contributed by atoms with Crippen molar-refractivity contribution >= 4 is 5.82 Å². The molecule has 2 rings (SSSR count). The topological polar surface area (TPSA) is 41.0 Å². The van der Waals surface area contributed by atoms with Crippen molar-refractivity contribution in [3.05, 3.63) is 17.8 Å². The SMILES string of the molecule is CCCNCc1ccc(N2CCCC2C(C)C)nn1. The van der Waals surface area contributed by atoms with Crippen LogP contribution in [0.15, 0.2) is 12.1 Å². The standard InChI is InChI=1S/C15H26N4/c1-4-9-16-11-13-7-8-15(18-17-13)19-10-5-6-14(19)12(2)3/h7-8,12,14,16H,4-6,9-11H2,1-3H3. The van der Waals surface area contributed by atoms with E-state index in [-0.39, 0.29) is 0 Å². The van der Waals surface area contributed by atoms with Crippen molar-refractivity contribution < 1.29 is 0 Å². The quantitative estimate of drug-likeness (QED) is 0.800. The summed E-state index contributed by atoms with van der Waals surface area (Å²) in [6.07, 6.45) is 3.69. The maximum absolute atomic E-state index is 4.41. The highest BCUT2D eigenvalue weighted by Crippen LogP contribution is 2.27. The zero-order chi connectivity index (χ0) is 13.7. The van der Waals surface area contributed by atoms with Gasteiger partial charge in [-0.05, 0) is 43.9 Å². The van der Waals surface area contributed by atoms with Crippen molar-refractivity contribution in [1.82, 2.24) is 15.5 Å². The number of nitrogens with one attached hydrogen (secondary N) is 1. The molecule has 0 radical (unpaired) electrons. The first-order chi connectivity index (χ1) is 9.22. The van der Waals surface area contributed by atoms with Gasteiger partial charge < -0.3 is 10.2 Å². The molecular formula is C15H26N4. The zero-order valence-electron chi connectivity index (χ0n) is 12.4. The molecule has 4 nitrogen and oxygen atoms in total. The van der Waals surface area contributed by atoms with E-state index in [1.807, 2.05) is 0 Å². The van der Waals surface area contributed by atoms with Crippen molar-refractivity contribution in [2.75, 3.05) is 18.0 Å². The molecule has 19 heavy (non-hydrogen) atoms. The van der Waals surface area contributed by atoms with Gasteiger partial charge in [0.25, 0.3) is 0 Å². The molecule has 1 fully saturated rings. The number of hydrogen-bond acceptors (Lipinski definition) is 4. The summed E-state index contributed by atoms with van der Waals surface area (Å²) in [6, 6.07) is 4.84. The molecule has 1 saturated heterocycles. The molecule has 0 bridgehead atoms. The summed E-state index contributed by atoms with van der Waals surface area (Å²) in [7, 11) is 0. The van der Waals surface area contributed by atoms with E-state index in [1.54, 1.807) is 0 Å². The fourth-order valence-electron chi connectivity index (χ4n) is 2.76. The fraction of sp³-hybridized carbons (Fsp3) is 0.733. The van der Waals surface area contributed by atoms with Crippen LogP contribution in [0.2, 0.25) is 0 Å². The predicted molar refractivity (Wildman–Crippen MR) is 79.2 cm³/mol. The second-order valence-electron chi connectivity index (χ2n) is 5.71. The minimum absolute atomic E-state index is 0.623. The van der Waals surface area contributed by atoms with Gasteiger partial charge in [-0.25, -0.2) is 0 Å². The molecular weight excluding hydrogens is 236 g/mol. The summed E-state index contributed by atoms with van der Waals surface area (Å²) in [5.74, 6) is 1.71. The lowest BCUT2D eigenvalue weighted by atomic mass is 10.0. The highest BCUT2D eigenvalue weighted by molar-refractivity contribution is 5.40. The van der Waals surface area contributed by atoms with Crippen LogP contribution in [0, 0.1) is 5.92 Å². The number of aromatic nitrogens is 2. The smallest absolute Gasteiger partial charge is 0.151 e. The Morgan fingerprint density at radius 2 is 2.21 bits per heavy atom.